The number of anilines is 1. The Morgan fingerprint density at radius 1 is 1.21 bits per heavy atom. The molecule has 0 atom stereocenters. The standard InChI is InChI=1S/C22H23ClN2O3/c1-15(2)27-14-16-4-3-5-19(12-16)25-21(26)10-11-22-24-13-20(28-22)17-6-8-18(23)9-7-17/h3-9,12-13,15H,10-11,14H2,1-2H3,(H,25,26). The molecular weight excluding hydrogens is 376 g/mol. The van der Waals surface area contributed by atoms with Gasteiger partial charge in [0, 0.05) is 29.1 Å². The van der Waals surface area contributed by atoms with Gasteiger partial charge in [-0.1, -0.05) is 23.7 Å². The molecule has 0 saturated carbocycles. The molecule has 2 aromatic carbocycles. The molecule has 0 fully saturated rings. The minimum absolute atomic E-state index is 0.0897. The van der Waals surface area contributed by atoms with E-state index >= 15 is 0 Å². The number of aryl methyl sites for hydroxylation is 1. The van der Waals surface area contributed by atoms with E-state index in [0.29, 0.717) is 29.7 Å². The van der Waals surface area contributed by atoms with Gasteiger partial charge in [0.15, 0.2) is 11.7 Å². The summed E-state index contributed by atoms with van der Waals surface area (Å²) in [6.45, 7) is 4.50. The van der Waals surface area contributed by atoms with Crippen molar-refractivity contribution in [3.8, 4) is 11.3 Å². The third kappa shape index (κ3) is 5.94. The molecule has 0 unspecified atom stereocenters. The van der Waals surface area contributed by atoms with Crippen molar-refractivity contribution in [1.29, 1.82) is 0 Å². The largest absolute Gasteiger partial charge is 0.441 e. The first-order chi connectivity index (χ1) is 13.5. The highest BCUT2D eigenvalue weighted by Gasteiger charge is 2.10. The smallest absolute Gasteiger partial charge is 0.224 e. The number of hydrogen-bond donors (Lipinski definition) is 1. The van der Waals surface area contributed by atoms with E-state index in [1.807, 2.05) is 50.2 Å². The normalized spacial score (nSPS) is 11.0. The van der Waals surface area contributed by atoms with Crippen LogP contribution in [0.4, 0.5) is 5.69 Å². The van der Waals surface area contributed by atoms with Crippen LogP contribution < -0.4 is 5.32 Å². The number of oxazole rings is 1. The first kappa shape index (κ1) is 20.1. The van der Waals surface area contributed by atoms with Gasteiger partial charge in [0.05, 0.1) is 18.9 Å². The molecule has 146 valence electrons. The van der Waals surface area contributed by atoms with Crippen molar-refractivity contribution >= 4 is 23.2 Å². The third-order valence-electron chi connectivity index (χ3n) is 4.04. The van der Waals surface area contributed by atoms with E-state index in [4.69, 9.17) is 20.8 Å². The zero-order valence-corrected chi connectivity index (χ0v) is 16.7. The fourth-order valence-corrected chi connectivity index (χ4v) is 2.75. The summed E-state index contributed by atoms with van der Waals surface area (Å²) in [5.41, 5.74) is 2.67. The molecule has 0 saturated heterocycles. The Hall–Kier alpha value is -2.63. The number of nitrogens with one attached hydrogen (secondary N) is 1. The molecule has 0 aliphatic heterocycles. The fraction of sp³-hybridized carbons (Fsp3) is 0.273. The Kier molecular flexibility index (Phi) is 6.85. The van der Waals surface area contributed by atoms with Gasteiger partial charge in [-0.05, 0) is 55.8 Å². The SMILES string of the molecule is CC(C)OCc1cccc(NC(=O)CCc2ncc(-c3ccc(Cl)cc3)o2)c1. The number of nitrogens with zero attached hydrogens (tertiary/aromatic N) is 1. The van der Waals surface area contributed by atoms with Crippen molar-refractivity contribution in [2.24, 2.45) is 0 Å². The molecule has 3 rings (SSSR count). The lowest BCUT2D eigenvalue weighted by Crippen LogP contribution is -2.12. The number of amides is 1. The predicted octanol–water partition coefficient (Wildman–Crippen LogP) is 5.49. The lowest BCUT2D eigenvalue weighted by molar-refractivity contribution is -0.116. The van der Waals surface area contributed by atoms with E-state index < -0.39 is 0 Å². The minimum Gasteiger partial charge on any atom is -0.441 e. The number of rotatable bonds is 8. The average molecular weight is 399 g/mol. The Labute approximate surface area is 169 Å². The van der Waals surface area contributed by atoms with E-state index in [0.717, 1.165) is 16.8 Å². The summed E-state index contributed by atoms with van der Waals surface area (Å²) in [5.74, 6) is 1.09. The number of hydrogen-bond acceptors (Lipinski definition) is 4. The fourth-order valence-electron chi connectivity index (χ4n) is 2.62. The number of benzene rings is 2. The van der Waals surface area contributed by atoms with Crippen LogP contribution in [-0.2, 0) is 22.6 Å². The second kappa shape index (κ2) is 9.53. The molecule has 1 aromatic heterocycles. The Morgan fingerprint density at radius 2 is 2.00 bits per heavy atom. The van der Waals surface area contributed by atoms with Crippen LogP contribution in [0.15, 0.2) is 59.1 Å². The Bertz CT molecular complexity index is 920. The summed E-state index contributed by atoms with van der Waals surface area (Å²) < 4.78 is 11.3. The zero-order valence-electron chi connectivity index (χ0n) is 15.9. The van der Waals surface area contributed by atoms with Crippen LogP contribution in [0, 0.1) is 0 Å². The van der Waals surface area contributed by atoms with Crippen LogP contribution in [0.2, 0.25) is 5.02 Å². The van der Waals surface area contributed by atoms with Crippen molar-refractivity contribution in [2.45, 2.75) is 39.4 Å². The van der Waals surface area contributed by atoms with Crippen LogP contribution in [0.5, 0.6) is 0 Å². The molecule has 3 aromatic rings. The van der Waals surface area contributed by atoms with Gasteiger partial charge in [-0.3, -0.25) is 4.79 Å². The average Bonchev–Trinajstić information content (AvgIpc) is 3.15. The second-order valence-electron chi connectivity index (χ2n) is 6.73. The van der Waals surface area contributed by atoms with Crippen LogP contribution in [0.3, 0.4) is 0 Å². The number of ether oxygens (including phenoxy) is 1. The molecule has 6 heteroatoms. The molecule has 0 aliphatic carbocycles. The highest BCUT2D eigenvalue weighted by molar-refractivity contribution is 6.30. The summed E-state index contributed by atoms with van der Waals surface area (Å²) in [6.07, 6.45) is 2.54. The Balaban J connectivity index is 1.52. The third-order valence-corrected chi connectivity index (χ3v) is 4.29. The van der Waals surface area contributed by atoms with Gasteiger partial charge in [-0.15, -0.1) is 0 Å². The number of aromatic nitrogens is 1. The van der Waals surface area contributed by atoms with Crippen LogP contribution in [0.1, 0.15) is 31.7 Å². The molecule has 0 spiro atoms. The molecule has 5 nitrogen and oxygen atoms in total. The van der Waals surface area contributed by atoms with Gasteiger partial charge in [0.2, 0.25) is 5.91 Å². The molecule has 28 heavy (non-hydrogen) atoms. The molecular formula is C22H23ClN2O3. The zero-order chi connectivity index (χ0) is 19.9. The first-order valence-electron chi connectivity index (χ1n) is 9.20. The van der Waals surface area contributed by atoms with Crippen molar-refractivity contribution in [2.75, 3.05) is 5.32 Å². The maximum absolute atomic E-state index is 12.3. The predicted molar refractivity (Wildman–Crippen MR) is 110 cm³/mol. The van der Waals surface area contributed by atoms with Crippen LogP contribution in [0.25, 0.3) is 11.3 Å². The summed E-state index contributed by atoms with van der Waals surface area (Å²) >= 11 is 5.90. The number of halogens is 1. The number of carbonyl (C=O) groups excluding carboxylic acids is 1. The van der Waals surface area contributed by atoms with E-state index in [1.54, 1.807) is 18.3 Å². The van der Waals surface area contributed by atoms with Gasteiger partial charge < -0.3 is 14.5 Å². The van der Waals surface area contributed by atoms with Crippen molar-refractivity contribution in [3.63, 3.8) is 0 Å². The van der Waals surface area contributed by atoms with E-state index in [9.17, 15) is 4.79 Å². The van der Waals surface area contributed by atoms with Crippen molar-refractivity contribution in [3.05, 3.63) is 71.2 Å². The summed E-state index contributed by atoms with van der Waals surface area (Å²) in [4.78, 5) is 16.5. The maximum Gasteiger partial charge on any atom is 0.224 e. The summed E-state index contributed by atoms with van der Waals surface area (Å²) in [7, 11) is 0. The number of carbonyl (C=O) groups is 1. The molecule has 1 heterocycles. The Morgan fingerprint density at radius 3 is 2.75 bits per heavy atom. The highest BCUT2D eigenvalue weighted by Crippen LogP contribution is 2.23. The quantitative estimate of drug-likeness (QED) is 0.544. The minimum atomic E-state index is -0.0897. The lowest BCUT2D eigenvalue weighted by atomic mass is 10.2. The summed E-state index contributed by atoms with van der Waals surface area (Å²) in [5, 5.41) is 3.57. The molecule has 1 amide bonds. The summed E-state index contributed by atoms with van der Waals surface area (Å²) in [6, 6.07) is 15.0. The molecule has 0 bridgehead atoms. The van der Waals surface area contributed by atoms with Crippen LogP contribution >= 0.6 is 11.6 Å². The topological polar surface area (TPSA) is 64.4 Å². The van der Waals surface area contributed by atoms with E-state index in [-0.39, 0.29) is 18.4 Å². The van der Waals surface area contributed by atoms with Gasteiger partial charge in [0.1, 0.15) is 0 Å². The second-order valence-corrected chi connectivity index (χ2v) is 7.17. The van der Waals surface area contributed by atoms with E-state index in [1.165, 1.54) is 0 Å². The van der Waals surface area contributed by atoms with Crippen LogP contribution in [-0.4, -0.2) is 17.0 Å². The first-order valence-corrected chi connectivity index (χ1v) is 9.58. The van der Waals surface area contributed by atoms with Gasteiger partial charge >= 0.3 is 0 Å². The van der Waals surface area contributed by atoms with Crippen molar-refractivity contribution in [1.82, 2.24) is 4.98 Å². The van der Waals surface area contributed by atoms with Gasteiger partial charge in [-0.2, -0.15) is 0 Å². The van der Waals surface area contributed by atoms with E-state index in [2.05, 4.69) is 10.3 Å². The molecule has 0 aliphatic rings. The monoisotopic (exact) mass is 398 g/mol. The maximum atomic E-state index is 12.3. The van der Waals surface area contributed by atoms with Gasteiger partial charge in [0.25, 0.3) is 0 Å². The van der Waals surface area contributed by atoms with Crippen molar-refractivity contribution < 1.29 is 13.9 Å². The van der Waals surface area contributed by atoms with Gasteiger partial charge in [-0.25, -0.2) is 4.98 Å². The highest BCUT2D eigenvalue weighted by atomic mass is 35.5. The molecule has 1 N–H and O–H groups in total. The molecule has 0 radical (unpaired) electrons. The lowest BCUT2D eigenvalue weighted by Gasteiger charge is -2.09.